The van der Waals surface area contributed by atoms with Gasteiger partial charge in [-0.2, -0.15) is 0 Å². The Hall–Kier alpha value is -2.12. The van der Waals surface area contributed by atoms with Crippen LogP contribution in [0.2, 0.25) is 5.02 Å². The van der Waals surface area contributed by atoms with Gasteiger partial charge in [0.05, 0.1) is 12.2 Å². The Bertz CT molecular complexity index is 1120. The zero-order valence-electron chi connectivity index (χ0n) is 17.4. The lowest BCUT2D eigenvalue weighted by Crippen LogP contribution is -2.51. The second-order valence-electron chi connectivity index (χ2n) is 8.86. The number of nitrogens with zero attached hydrogens (tertiary/aromatic N) is 1. The highest BCUT2D eigenvalue weighted by Crippen LogP contribution is 2.45. The lowest BCUT2D eigenvalue weighted by atomic mass is 9.81. The van der Waals surface area contributed by atoms with E-state index >= 15 is 0 Å². The van der Waals surface area contributed by atoms with E-state index in [1.807, 2.05) is 13.0 Å². The smallest absolute Gasteiger partial charge is 0.126 e. The van der Waals surface area contributed by atoms with Gasteiger partial charge in [0.2, 0.25) is 0 Å². The molecule has 2 atom stereocenters. The number of likely N-dealkylation sites (tertiary alicyclic amines) is 1. The van der Waals surface area contributed by atoms with Crippen molar-refractivity contribution in [1.29, 1.82) is 0 Å². The van der Waals surface area contributed by atoms with Crippen LogP contribution in [0.15, 0.2) is 36.4 Å². The molecule has 0 saturated carbocycles. The van der Waals surface area contributed by atoms with Crippen molar-refractivity contribution in [3.63, 3.8) is 0 Å². The number of ether oxygens (including phenoxy) is 1. The van der Waals surface area contributed by atoms with Crippen LogP contribution in [0.3, 0.4) is 0 Å². The first kappa shape index (κ1) is 20.8. The average Bonchev–Trinajstić information content (AvgIpc) is 3.05. The third-order valence-corrected chi connectivity index (χ3v) is 6.99. The molecule has 0 aliphatic carbocycles. The van der Waals surface area contributed by atoms with Gasteiger partial charge in [-0.25, -0.2) is 4.39 Å². The van der Waals surface area contributed by atoms with Crippen molar-refractivity contribution in [3.05, 3.63) is 64.1 Å². The van der Waals surface area contributed by atoms with Crippen LogP contribution in [0.4, 0.5) is 4.39 Å². The Kier molecular flexibility index (Phi) is 5.21. The minimum Gasteiger partial charge on any atom is -0.487 e. The number of rotatable bonds is 3. The van der Waals surface area contributed by atoms with Crippen LogP contribution >= 0.6 is 11.6 Å². The van der Waals surface area contributed by atoms with E-state index < -0.39 is 17.8 Å². The molecule has 3 N–H and O–H groups in total. The SMILES string of the molecule is Cc1[nH]c2ccc(F)cc2c1[C@@H](O)CN1CCC2(CC1)C[C@H](O)c1cc(Cl)ccc1O2. The van der Waals surface area contributed by atoms with Crippen LogP contribution in [0, 0.1) is 12.7 Å². The Morgan fingerprint density at radius 2 is 2.03 bits per heavy atom. The summed E-state index contributed by atoms with van der Waals surface area (Å²) in [4.78, 5) is 5.44. The number of hydrogen-bond acceptors (Lipinski definition) is 4. The van der Waals surface area contributed by atoms with Crippen LogP contribution in [0.5, 0.6) is 5.75 Å². The molecule has 1 saturated heterocycles. The maximum absolute atomic E-state index is 13.8. The summed E-state index contributed by atoms with van der Waals surface area (Å²) in [5.41, 5.74) is 2.79. The van der Waals surface area contributed by atoms with E-state index in [-0.39, 0.29) is 5.82 Å². The summed E-state index contributed by atoms with van der Waals surface area (Å²) in [5.74, 6) is 0.391. The number of β-amino-alcohol motifs (C(OH)–C–C–N with tert-alkyl or cyclic N) is 1. The number of piperidine rings is 1. The highest BCUT2D eigenvalue weighted by atomic mass is 35.5. The molecule has 0 amide bonds. The summed E-state index contributed by atoms with van der Waals surface area (Å²) in [7, 11) is 0. The number of aliphatic hydroxyl groups is 2. The Morgan fingerprint density at radius 1 is 1.26 bits per heavy atom. The molecule has 5 rings (SSSR count). The van der Waals surface area contributed by atoms with Crippen molar-refractivity contribution < 1.29 is 19.3 Å². The lowest BCUT2D eigenvalue weighted by Gasteiger charge is -2.46. The van der Waals surface area contributed by atoms with Crippen molar-refractivity contribution in [1.82, 2.24) is 9.88 Å². The van der Waals surface area contributed by atoms with E-state index in [1.165, 1.54) is 12.1 Å². The number of H-pyrrole nitrogens is 1. The molecule has 7 heteroatoms. The predicted molar refractivity (Wildman–Crippen MR) is 118 cm³/mol. The third kappa shape index (κ3) is 3.82. The van der Waals surface area contributed by atoms with Crippen molar-refractivity contribution in [2.24, 2.45) is 0 Å². The van der Waals surface area contributed by atoms with Crippen molar-refractivity contribution in [2.75, 3.05) is 19.6 Å². The molecule has 0 unspecified atom stereocenters. The first-order valence-electron chi connectivity index (χ1n) is 10.7. The number of aryl methyl sites for hydroxylation is 1. The fourth-order valence-electron chi connectivity index (χ4n) is 5.14. The predicted octanol–water partition coefficient (Wildman–Crippen LogP) is 4.65. The standard InChI is InChI=1S/C24H26ClFN2O3/c1-14-23(17-11-16(26)3-4-19(17)27-14)21(30)13-28-8-6-24(7-9-28)12-20(29)18-10-15(25)2-5-22(18)31-24/h2-5,10-11,20-21,27,29-30H,6-9,12-13H2,1H3/t20-,21-/m0/s1. The molecule has 3 heterocycles. The van der Waals surface area contributed by atoms with Gasteiger partial charge in [0.15, 0.2) is 0 Å². The van der Waals surface area contributed by atoms with Gasteiger partial charge in [0.25, 0.3) is 0 Å². The second kappa shape index (κ2) is 7.78. The number of aromatic amines is 1. The molecule has 2 aliphatic heterocycles. The van der Waals surface area contributed by atoms with Crippen molar-refractivity contribution in [3.8, 4) is 5.75 Å². The molecular formula is C24H26ClFN2O3. The van der Waals surface area contributed by atoms with Crippen LogP contribution in [0.25, 0.3) is 10.9 Å². The average molecular weight is 445 g/mol. The zero-order valence-corrected chi connectivity index (χ0v) is 18.1. The van der Waals surface area contributed by atoms with Gasteiger partial charge in [0, 0.05) is 58.8 Å². The molecule has 0 radical (unpaired) electrons. The molecule has 31 heavy (non-hydrogen) atoms. The molecule has 1 spiro atoms. The molecule has 3 aromatic rings. The summed E-state index contributed by atoms with van der Waals surface area (Å²) >= 11 is 6.07. The minimum absolute atomic E-state index is 0.311. The molecule has 5 nitrogen and oxygen atoms in total. The molecular weight excluding hydrogens is 419 g/mol. The van der Waals surface area contributed by atoms with Crippen molar-refractivity contribution >= 4 is 22.5 Å². The lowest BCUT2D eigenvalue weighted by molar-refractivity contribution is -0.0587. The summed E-state index contributed by atoms with van der Waals surface area (Å²) in [6.07, 6.45) is 0.756. The molecule has 1 fully saturated rings. The van der Waals surface area contributed by atoms with E-state index in [1.54, 1.807) is 18.2 Å². The highest BCUT2D eigenvalue weighted by Gasteiger charge is 2.43. The molecule has 2 aliphatic rings. The van der Waals surface area contributed by atoms with Gasteiger partial charge >= 0.3 is 0 Å². The first-order chi connectivity index (χ1) is 14.8. The van der Waals surface area contributed by atoms with Gasteiger partial charge in [-0.1, -0.05) is 11.6 Å². The fraction of sp³-hybridized carbons (Fsp3) is 0.417. The van der Waals surface area contributed by atoms with Gasteiger partial charge in [-0.3, -0.25) is 0 Å². The molecule has 1 aromatic heterocycles. The van der Waals surface area contributed by atoms with E-state index in [0.29, 0.717) is 23.7 Å². The maximum atomic E-state index is 13.8. The van der Waals surface area contributed by atoms with Gasteiger partial charge < -0.3 is 24.8 Å². The van der Waals surface area contributed by atoms with Gasteiger partial charge in [-0.15, -0.1) is 0 Å². The Morgan fingerprint density at radius 3 is 2.81 bits per heavy atom. The number of aromatic nitrogens is 1. The highest BCUT2D eigenvalue weighted by molar-refractivity contribution is 6.30. The topological polar surface area (TPSA) is 68.7 Å². The van der Waals surface area contributed by atoms with E-state index in [2.05, 4.69) is 9.88 Å². The third-order valence-electron chi connectivity index (χ3n) is 6.75. The summed E-state index contributed by atoms with van der Waals surface area (Å²) in [6.45, 7) is 3.88. The normalized spacial score (nSPS) is 21.8. The first-order valence-corrected chi connectivity index (χ1v) is 11.1. The molecule has 0 bridgehead atoms. The number of benzene rings is 2. The van der Waals surface area contributed by atoms with Crippen LogP contribution in [0.1, 0.15) is 48.3 Å². The van der Waals surface area contributed by atoms with Gasteiger partial charge in [-0.05, 0) is 56.2 Å². The summed E-state index contributed by atoms with van der Waals surface area (Å²) in [5, 5.41) is 23.0. The number of hydrogen-bond donors (Lipinski definition) is 3. The molecule has 164 valence electrons. The quantitative estimate of drug-likeness (QED) is 0.550. The number of fused-ring (bicyclic) bond motifs is 2. The van der Waals surface area contributed by atoms with E-state index in [9.17, 15) is 14.6 Å². The van der Waals surface area contributed by atoms with Crippen LogP contribution in [-0.2, 0) is 0 Å². The van der Waals surface area contributed by atoms with E-state index in [0.717, 1.165) is 53.7 Å². The monoisotopic (exact) mass is 444 g/mol. The Balaban J connectivity index is 1.28. The Labute approximate surface area is 185 Å². The van der Waals surface area contributed by atoms with Crippen LogP contribution in [-0.4, -0.2) is 45.3 Å². The minimum atomic E-state index is -0.717. The van der Waals surface area contributed by atoms with Gasteiger partial charge in [0.1, 0.15) is 17.2 Å². The largest absolute Gasteiger partial charge is 0.487 e. The number of aliphatic hydroxyl groups excluding tert-OH is 2. The summed E-state index contributed by atoms with van der Waals surface area (Å²) in [6, 6.07) is 9.98. The van der Waals surface area contributed by atoms with Crippen molar-refractivity contribution in [2.45, 2.75) is 44.0 Å². The molecule has 2 aromatic carbocycles. The number of halogens is 2. The number of nitrogens with one attached hydrogen (secondary N) is 1. The second-order valence-corrected chi connectivity index (χ2v) is 9.29. The summed E-state index contributed by atoms with van der Waals surface area (Å²) < 4.78 is 20.1. The maximum Gasteiger partial charge on any atom is 0.126 e. The van der Waals surface area contributed by atoms with E-state index in [4.69, 9.17) is 16.3 Å². The van der Waals surface area contributed by atoms with Crippen LogP contribution < -0.4 is 4.74 Å². The fourth-order valence-corrected chi connectivity index (χ4v) is 5.32. The zero-order chi connectivity index (χ0) is 21.8.